The van der Waals surface area contributed by atoms with Gasteiger partial charge in [0, 0.05) is 13.7 Å². The van der Waals surface area contributed by atoms with E-state index in [-0.39, 0.29) is 24.9 Å². The number of carbonyl (C=O) groups is 2. The molecule has 2 amide bonds. The van der Waals surface area contributed by atoms with Crippen LogP contribution in [0.5, 0.6) is 0 Å². The van der Waals surface area contributed by atoms with Crippen LogP contribution in [0.1, 0.15) is 12.5 Å². The van der Waals surface area contributed by atoms with Crippen LogP contribution in [0.2, 0.25) is 0 Å². The summed E-state index contributed by atoms with van der Waals surface area (Å²) >= 11 is 0. The SMILES string of the molecule is COCCNC(=O)CNC(=O)C(C)(N)c1ccccc1.Cl. The maximum atomic E-state index is 12.1. The van der Waals surface area contributed by atoms with Crippen LogP contribution >= 0.6 is 12.4 Å². The second-order valence-electron chi connectivity index (χ2n) is 4.59. The van der Waals surface area contributed by atoms with Crippen LogP contribution < -0.4 is 16.4 Å². The number of benzene rings is 1. The molecule has 1 aromatic carbocycles. The van der Waals surface area contributed by atoms with Crippen molar-refractivity contribution in [1.82, 2.24) is 10.6 Å². The second kappa shape index (κ2) is 9.33. The lowest BCUT2D eigenvalue weighted by atomic mass is 9.92. The molecule has 0 aliphatic rings. The zero-order valence-corrected chi connectivity index (χ0v) is 13.0. The Balaban J connectivity index is 0.00000400. The summed E-state index contributed by atoms with van der Waals surface area (Å²) in [6, 6.07) is 9.02. The molecule has 0 radical (unpaired) electrons. The van der Waals surface area contributed by atoms with Gasteiger partial charge in [-0.05, 0) is 12.5 Å². The lowest BCUT2D eigenvalue weighted by Gasteiger charge is -2.23. The van der Waals surface area contributed by atoms with Crippen molar-refractivity contribution < 1.29 is 14.3 Å². The highest BCUT2D eigenvalue weighted by atomic mass is 35.5. The van der Waals surface area contributed by atoms with E-state index < -0.39 is 11.4 Å². The quantitative estimate of drug-likeness (QED) is 0.625. The first-order chi connectivity index (χ1) is 9.48. The van der Waals surface area contributed by atoms with Gasteiger partial charge in [-0.1, -0.05) is 30.3 Å². The minimum absolute atomic E-state index is 0. The smallest absolute Gasteiger partial charge is 0.244 e. The van der Waals surface area contributed by atoms with Gasteiger partial charge in [0.05, 0.1) is 13.2 Å². The largest absolute Gasteiger partial charge is 0.383 e. The predicted octanol–water partition coefficient (Wildman–Crippen LogP) is 0.161. The van der Waals surface area contributed by atoms with E-state index in [1.807, 2.05) is 18.2 Å². The van der Waals surface area contributed by atoms with E-state index in [9.17, 15) is 9.59 Å². The summed E-state index contributed by atoms with van der Waals surface area (Å²) in [6.45, 7) is 2.34. The van der Waals surface area contributed by atoms with Gasteiger partial charge < -0.3 is 21.1 Å². The Morgan fingerprint density at radius 3 is 2.43 bits per heavy atom. The van der Waals surface area contributed by atoms with Gasteiger partial charge in [0.1, 0.15) is 5.54 Å². The lowest BCUT2D eigenvalue weighted by molar-refractivity contribution is -0.129. The van der Waals surface area contributed by atoms with Gasteiger partial charge in [-0.15, -0.1) is 12.4 Å². The molecule has 0 spiro atoms. The maximum Gasteiger partial charge on any atom is 0.244 e. The highest BCUT2D eigenvalue weighted by Crippen LogP contribution is 2.16. The number of amides is 2. The van der Waals surface area contributed by atoms with E-state index in [0.29, 0.717) is 18.7 Å². The molecule has 118 valence electrons. The number of methoxy groups -OCH3 is 1. The van der Waals surface area contributed by atoms with E-state index in [2.05, 4.69) is 10.6 Å². The van der Waals surface area contributed by atoms with Crippen LogP contribution in [-0.2, 0) is 19.9 Å². The minimum Gasteiger partial charge on any atom is -0.383 e. The van der Waals surface area contributed by atoms with Gasteiger partial charge >= 0.3 is 0 Å². The van der Waals surface area contributed by atoms with Gasteiger partial charge in [0.25, 0.3) is 0 Å². The molecule has 0 aliphatic carbocycles. The maximum absolute atomic E-state index is 12.1. The Bertz CT molecular complexity index is 452. The highest BCUT2D eigenvalue weighted by Gasteiger charge is 2.30. The molecule has 0 aliphatic heterocycles. The first kappa shape index (κ1) is 19.4. The number of nitrogens with one attached hydrogen (secondary N) is 2. The van der Waals surface area contributed by atoms with Crippen molar-refractivity contribution in [3.63, 3.8) is 0 Å². The number of halogens is 1. The predicted molar refractivity (Wildman–Crippen MR) is 83.1 cm³/mol. The van der Waals surface area contributed by atoms with E-state index in [0.717, 1.165) is 0 Å². The fourth-order valence-corrected chi connectivity index (χ4v) is 1.61. The molecule has 7 heteroatoms. The summed E-state index contributed by atoms with van der Waals surface area (Å²) in [5.41, 5.74) is 5.55. The molecular weight excluding hydrogens is 294 g/mol. The summed E-state index contributed by atoms with van der Waals surface area (Å²) < 4.78 is 4.81. The van der Waals surface area contributed by atoms with Crippen molar-refractivity contribution in [3.05, 3.63) is 35.9 Å². The van der Waals surface area contributed by atoms with Gasteiger partial charge in [-0.3, -0.25) is 9.59 Å². The second-order valence-corrected chi connectivity index (χ2v) is 4.59. The minimum atomic E-state index is -1.17. The van der Waals surface area contributed by atoms with E-state index in [4.69, 9.17) is 10.5 Å². The van der Waals surface area contributed by atoms with Crippen LogP contribution in [-0.4, -0.2) is 38.6 Å². The highest BCUT2D eigenvalue weighted by molar-refractivity contribution is 5.90. The number of hydrogen-bond acceptors (Lipinski definition) is 4. The van der Waals surface area contributed by atoms with Crippen LogP contribution in [0.4, 0.5) is 0 Å². The number of ether oxygens (including phenoxy) is 1. The van der Waals surface area contributed by atoms with Crippen molar-refractivity contribution in [2.45, 2.75) is 12.5 Å². The molecule has 6 nitrogen and oxygen atoms in total. The first-order valence-corrected chi connectivity index (χ1v) is 6.37. The Morgan fingerprint density at radius 2 is 1.86 bits per heavy atom. The third-order valence-corrected chi connectivity index (χ3v) is 2.88. The van der Waals surface area contributed by atoms with Gasteiger partial charge in [-0.2, -0.15) is 0 Å². The van der Waals surface area contributed by atoms with Gasteiger partial charge in [-0.25, -0.2) is 0 Å². The molecule has 4 N–H and O–H groups in total. The van der Waals surface area contributed by atoms with Crippen molar-refractivity contribution >= 4 is 24.2 Å². The molecule has 1 rings (SSSR count). The standard InChI is InChI=1S/C14H21N3O3.ClH/c1-14(15,11-6-4-3-5-7-11)13(19)17-10-12(18)16-8-9-20-2;/h3-7H,8-10,15H2,1-2H3,(H,16,18)(H,17,19);1H. The van der Waals surface area contributed by atoms with Crippen LogP contribution in [0.3, 0.4) is 0 Å². The fraction of sp³-hybridized carbons (Fsp3) is 0.429. The molecular formula is C14H22ClN3O3. The zero-order chi connectivity index (χ0) is 15.0. The summed E-state index contributed by atoms with van der Waals surface area (Å²) in [5.74, 6) is -0.676. The van der Waals surface area contributed by atoms with Gasteiger partial charge in [0.15, 0.2) is 0 Å². The Kier molecular flexibility index (Phi) is 8.61. The fourth-order valence-electron chi connectivity index (χ4n) is 1.61. The third-order valence-electron chi connectivity index (χ3n) is 2.88. The molecule has 1 unspecified atom stereocenters. The van der Waals surface area contributed by atoms with Gasteiger partial charge in [0.2, 0.25) is 11.8 Å². The van der Waals surface area contributed by atoms with Crippen LogP contribution in [0.25, 0.3) is 0 Å². The van der Waals surface area contributed by atoms with Crippen molar-refractivity contribution in [2.75, 3.05) is 26.8 Å². The summed E-state index contributed by atoms with van der Waals surface area (Å²) in [4.78, 5) is 23.5. The number of rotatable bonds is 7. The molecule has 0 heterocycles. The number of carbonyl (C=O) groups excluding carboxylic acids is 2. The van der Waals surface area contributed by atoms with Crippen molar-refractivity contribution in [3.8, 4) is 0 Å². The molecule has 1 atom stereocenters. The van der Waals surface area contributed by atoms with Crippen LogP contribution in [0.15, 0.2) is 30.3 Å². The van der Waals surface area contributed by atoms with E-state index in [1.165, 1.54) is 0 Å². The zero-order valence-electron chi connectivity index (χ0n) is 12.2. The average molecular weight is 316 g/mol. The molecule has 0 saturated carbocycles. The molecule has 0 fully saturated rings. The number of nitrogens with two attached hydrogens (primary N) is 1. The normalized spacial score (nSPS) is 12.7. The molecule has 0 saturated heterocycles. The average Bonchev–Trinajstić information content (AvgIpc) is 2.46. The first-order valence-electron chi connectivity index (χ1n) is 6.37. The summed E-state index contributed by atoms with van der Waals surface area (Å²) in [6.07, 6.45) is 0. The molecule has 21 heavy (non-hydrogen) atoms. The number of hydrogen-bond donors (Lipinski definition) is 3. The Morgan fingerprint density at radius 1 is 1.24 bits per heavy atom. The molecule has 0 bridgehead atoms. The molecule has 0 aromatic heterocycles. The molecule has 1 aromatic rings. The summed E-state index contributed by atoms with van der Waals surface area (Å²) in [5, 5.41) is 5.14. The monoisotopic (exact) mass is 315 g/mol. The van der Waals surface area contributed by atoms with Crippen molar-refractivity contribution in [2.24, 2.45) is 5.73 Å². The Labute approximate surface area is 130 Å². The van der Waals surface area contributed by atoms with Crippen LogP contribution in [0, 0.1) is 0 Å². The lowest BCUT2D eigenvalue weighted by Crippen LogP contribution is -2.51. The summed E-state index contributed by atoms with van der Waals surface area (Å²) in [7, 11) is 1.55. The Hall–Kier alpha value is -1.63. The topological polar surface area (TPSA) is 93.5 Å². The van der Waals surface area contributed by atoms with Crippen molar-refractivity contribution in [1.29, 1.82) is 0 Å². The van der Waals surface area contributed by atoms with E-state index >= 15 is 0 Å². The van der Waals surface area contributed by atoms with E-state index in [1.54, 1.807) is 26.2 Å². The third kappa shape index (κ3) is 6.12.